The lowest BCUT2D eigenvalue weighted by Gasteiger charge is -2.15. The van der Waals surface area contributed by atoms with Crippen molar-refractivity contribution in [3.8, 4) is 5.75 Å². The largest absolute Gasteiger partial charge is 0.484 e. The Morgan fingerprint density at radius 3 is 2.56 bits per heavy atom. The first-order chi connectivity index (χ1) is 14.7. The van der Waals surface area contributed by atoms with E-state index in [0.717, 1.165) is 23.6 Å². The molecule has 1 aromatic carbocycles. The molecule has 32 heavy (non-hydrogen) atoms. The lowest BCUT2D eigenvalue weighted by Crippen LogP contribution is -2.38. The van der Waals surface area contributed by atoms with E-state index in [4.69, 9.17) is 9.47 Å². The number of halogens is 4. The van der Waals surface area contributed by atoms with Crippen molar-refractivity contribution in [3.63, 3.8) is 0 Å². The van der Waals surface area contributed by atoms with E-state index < -0.39 is 12.8 Å². The van der Waals surface area contributed by atoms with Gasteiger partial charge < -0.3 is 24.7 Å². The molecule has 8 nitrogen and oxygen atoms in total. The Labute approximate surface area is 203 Å². The first-order valence-corrected chi connectivity index (χ1v) is 9.84. The van der Waals surface area contributed by atoms with E-state index in [-0.39, 0.29) is 36.3 Å². The zero-order chi connectivity index (χ0) is 22.9. The van der Waals surface area contributed by atoms with Gasteiger partial charge in [-0.15, -0.1) is 34.2 Å². The van der Waals surface area contributed by atoms with Gasteiger partial charge in [0.05, 0.1) is 13.1 Å². The number of guanidine groups is 1. The topological polar surface area (TPSA) is 85.6 Å². The van der Waals surface area contributed by atoms with Crippen LogP contribution in [0.2, 0.25) is 0 Å². The van der Waals surface area contributed by atoms with E-state index >= 15 is 0 Å². The number of aromatic nitrogens is 3. The summed E-state index contributed by atoms with van der Waals surface area (Å²) in [6.45, 7) is 4.04. The summed E-state index contributed by atoms with van der Waals surface area (Å²) in [6, 6.07) is 5.11. The summed E-state index contributed by atoms with van der Waals surface area (Å²) in [5.74, 6) is 2.19. The van der Waals surface area contributed by atoms with Gasteiger partial charge in [-0.25, -0.2) is 4.99 Å². The van der Waals surface area contributed by atoms with E-state index in [1.54, 1.807) is 26.2 Å². The number of alkyl halides is 3. The van der Waals surface area contributed by atoms with Crippen molar-refractivity contribution < 1.29 is 22.6 Å². The second-order valence-corrected chi connectivity index (χ2v) is 7.03. The predicted octanol–water partition coefficient (Wildman–Crippen LogP) is 3.26. The molecule has 2 aromatic rings. The quantitative estimate of drug-likeness (QED) is 0.198. The molecule has 0 saturated carbocycles. The molecule has 1 aromatic heterocycles. The van der Waals surface area contributed by atoms with Crippen molar-refractivity contribution in [2.24, 2.45) is 12.0 Å². The van der Waals surface area contributed by atoms with Crippen LogP contribution < -0.4 is 15.4 Å². The van der Waals surface area contributed by atoms with Gasteiger partial charge in [0.1, 0.15) is 11.6 Å². The van der Waals surface area contributed by atoms with Crippen molar-refractivity contribution in [1.82, 2.24) is 25.4 Å². The van der Waals surface area contributed by atoms with Gasteiger partial charge in [0.2, 0.25) is 0 Å². The summed E-state index contributed by atoms with van der Waals surface area (Å²) in [5, 5.41) is 14.5. The molecule has 2 rings (SSSR count). The molecule has 0 saturated heterocycles. The standard InChI is InChI=1S/C20H29F3N6O2.HI/c1-14-6-7-16(17(10-14)31-13-20(21,22)23)11-25-19(24-8-5-9-30-4)26-12-18-28-27-15(2)29(18)3;/h6-7,10H,5,8-9,11-13H2,1-4H3,(H2,24,25,26);1H. The van der Waals surface area contributed by atoms with E-state index in [2.05, 4.69) is 25.8 Å². The Bertz CT molecular complexity index is 874. The van der Waals surface area contributed by atoms with Crippen LogP contribution in [-0.4, -0.2) is 53.8 Å². The summed E-state index contributed by atoms with van der Waals surface area (Å²) in [5.41, 5.74) is 1.36. The van der Waals surface area contributed by atoms with Gasteiger partial charge in [-0.2, -0.15) is 13.2 Å². The highest BCUT2D eigenvalue weighted by atomic mass is 127. The summed E-state index contributed by atoms with van der Waals surface area (Å²) in [6.07, 6.45) is -3.64. The van der Waals surface area contributed by atoms with Gasteiger partial charge in [0.15, 0.2) is 18.4 Å². The fourth-order valence-electron chi connectivity index (χ4n) is 2.62. The SMILES string of the molecule is COCCCNC(=NCc1ccc(C)cc1OCC(F)(F)F)NCc1nnc(C)n1C.I. The van der Waals surface area contributed by atoms with Crippen LogP contribution in [0.4, 0.5) is 13.2 Å². The molecule has 0 amide bonds. The number of aliphatic imine (C=N–C) groups is 1. The van der Waals surface area contributed by atoms with Gasteiger partial charge in [0.25, 0.3) is 0 Å². The third kappa shape index (κ3) is 9.59. The normalized spacial score (nSPS) is 11.8. The van der Waals surface area contributed by atoms with Crippen LogP contribution in [0, 0.1) is 13.8 Å². The van der Waals surface area contributed by atoms with Crippen LogP contribution >= 0.6 is 24.0 Å². The van der Waals surface area contributed by atoms with Crippen molar-refractivity contribution in [1.29, 1.82) is 0 Å². The summed E-state index contributed by atoms with van der Waals surface area (Å²) >= 11 is 0. The zero-order valence-corrected chi connectivity index (χ0v) is 21.0. The number of aryl methyl sites for hydroxylation is 2. The van der Waals surface area contributed by atoms with Crippen molar-refractivity contribution in [2.75, 3.05) is 26.9 Å². The molecule has 1 heterocycles. The maximum Gasteiger partial charge on any atom is 0.422 e. The Balaban J connectivity index is 0.00000512. The van der Waals surface area contributed by atoms with E-state index in [1.165, 1.54) is 0 Å². The van der Waals surface area contributed by atoms with Gasteiger partial charge in [0, 0.05) is 32.9 Å². The van der Waals surface area contributed by atoms with Crippen LogP contribution in [0.15, 0.2) is 23.2 Å². The first kappa shape index (κ1) is 27.9. The minimum Gasteiger partial charge on any atom is -0.484 e. The molecule has 0 aliphatic rings. The van der Waals surface area contributed by atoms with Crippen LogP contribution in [0.3, 0.4) is 0 Å². The molecule has 0 spiro atoms. The predicted molar refractivity (Wildman–Crippen MR) is 126 cm³/mol. The molecular formula is C20H30F3IN6O2. The zero-order valence-electron chi connectivity index (χ0n) is 18.6. The molecule has 2 N–H and O–H groups in total. The highest BCUT2D eigenvalue weighted by Gasteiger charge is 2.28. The van der Waals surface area contributed by atoms with E-state index in [1.807, 2.05) is 24.6 Å². The number of benzene rings is 1. The molecule has 180 valence electrons. The monoisotopic (exact) mass is 570 g/mol. The van der Waals surface area contributed by atoms with Crippen LogP contribution in [-0.2, 0) is 24.9 Å². The highest BCUT2D eigenvalue weighted by Crippen LogP contribution is 2.24. The van der Waals surface area contributed by atoms with Gasteiger partial charge in [-0.1, -0.05) is 12.1 Å². The lowest BCUT2D eigenvalue weighted by molar-refractivity contribution is -0.153. The maximum atomic E-state index is 12.6. The number of hydrogen-bond donors (Lipinski definition) is 2. The van der Waals surface area contributed by atoms with Crippen LogP contribution in [0.5, 0.6) is 5.75 Å². The van der Waals surface area contributed by atoms with Gasteiger partial charge >= 0.3 is 6.18 Å². The average Bonchev–Trinajstić information content (AvgIpc) is 3.03. The Morgan fingerprint density at radius 2 is 1.94 bits per heavy atom. The van der Waals surface area contributed by atoms with Gasteiger partial charge in [-0.05, 0) is 31.9 Å². The molecule has 0 bridgehead atoms. The summed E-state index contributed by atoms with van der Waals surface area (Å²) in [4.78, 5) is 4.51. The number of methoxy groups -OCH3 is 1. The first-order valence-electron chi connectivity index (χ1n) is 9.84. The lowest BCUT2D eigenvalue weighted by atomic mass is 10.1. The molecule has 12 heteroatoms. The Kier molecular flexibility index (Phi) is 11.8. The molecule has 0 fully saturated rings. The Hall–Kier alpha value is -2.09. The van der Waals surface area contributed by atoms with Gasteiger partial charge in [-0.3, -0.25) is 0 Å². The number of nitrogens with zero attached hydrogens (tertiary/aromatic N) is 4. The van der Waals surface area contributed by atoms with E-state index in [9.17, 15) is 13.2 Å². The maximum absolute atomic E-state index is 12.6. The average molecular weight is 570 g/mol. The third-order valence-corrected chi connectivity index (χ3v) is 4.44. The molecule has 0 radical (unpaired) electrons. The number of hydrogen-bond acceptors (Lipinski definition) is 5. The number of rotatable bonds is 10. The molecule has 0 unspecified atom stereocenters. The number of ether oxygens (including phenoxy) is 2. The minimum atomic E-state index is -4.41. The van der Waals surface area contributed by atoms with Crippen molar-refractivity contribution in [2.45, 2.75) is 39.5 Å². The van der Waals surface area contributed by atoms with Crippen LogP contribution in [0.25, 0.3) is 0 Å². The minimum absolute atomic E-state index is 0. The molecule has 0 atom stereocenters. The second kappa shape index (κ2) is 13.5. The fourth-order valence-corrected chi connectivity index (χ4v) is 2.62. The highest BCUT2D eigenvalue weighted by molar-refractivity contribution is 14.0. The summed E-state index contributed by atoms with van der Waals surface area (Å²) in [7, 11) is 3.50. The molecule has 0 aliphatic heterocycles. The molecular weight excluding hydrogens is 540 g/mol. The third-order valence-electron chi connectivity index (χ3n) is 4.44. The van der Waals surface area contributed by atoms with Crippen molar-refractivity contribution >= 4 is 29.9 Å². The van der Waals surface area contributed by atoms with E-state index in [0.29, 0.717) is 31.2 Å². The summed E-state index contributed by atoms with van der Waals surface area (Å²) < 4.78 is 49.7. The fraction of sp³-hybridized carbons (Fsp3) is 0.550. The van der Waals surface area contributed by atoms with Crippen molar-refractivity contribution in [3.05, 3.63) is 41.0 Å². The van der Waals surface area contributed by atoms with Crippen LogP contribution in [0.1, 0.15) is 29.2 Å². The molecule has 0 aliphatic carbocycles. The Morgan fingerprint density at radius 1 is 1.19 bits per heavy atom. The second-order valence-electron chi connectivity index (χ2n) is 7.03. The smallest absolute Gasteiger partial charge is 0.422 e. The number of nitrogens with one attached hydrogen (secondary N) is 2.